The molecule has 1 heterocycles. The first-order valence-corrected chi connectivity index (χ1v) is 4.69. The highest BCUT2D eigenvalue weighted by molar-refractivity contribution is 6.29. The minimum absolute atomic E-state index is 0.104. The molecule has 0 atom stereocenters. The van der Waals surface area contributed by atoms with Gasteiger partial charge in [-0.1, -0.05) is 11.6 Å². The second-order valence-corrected chi connectivity index (χ2v) is 3.03. The van der Waals surface area contributed by atoms with E-state index in [2.05, 4.69) is 14.9 Å². The van der Waals surface area contributed by atoms with Crippen LogP contribution in [0.3, 0.4) is 0 Å². The van der Waals surface area contributed by atoms with Gasteiger partial charge in [0.25, 0.3) is 0 Å². The lowest BCUT2D eigenvalue weighted by Crippen LogP contribution is -2.12. The van der Waals surface area contributed by atoms with E-state index < -0.39 is 11.8 Å². The van der Waals surface area contributed by atoms with Crippen LogP contribution in [0.2, 0.25) is 5.15 Å². The lowest BCUT2D eigenvalue weighted by molar-refractivity contribution is -0.141. The van der Waals surface area contributed by atoms with Gasteiger partial charge in [0.15, 0.2) is 10.9 Å². The summed E-state index contributed by atoms with van der Waals surface area (Å²) in [5.74, 6) is -1.00. The summed E-state index contributed by atoms with van der Waals surface area (Å²) in [6, 6.07) is 2.85. The van der Waals surface area contributed by atoms with Gasteiger partial charge in [0, 0.05) is 0 Å². The number of rotatable bonds is 4. The molecular weight excluding hydrogens is 220 g/mol. The number of hydrogen-bond acceptors (Lipinski definition) is 5. The molecule has 1 aromatic heterocycles. The summed E-state index contributed by atoms with van der Waals surface area (Å²) in [7, 11) is 0. The molecule has 0 saturated carbocycles. The lowest BCUT2D eigenvalue weighted by Gasteiger charge is -2.00. The molecule has 0 aliphatic rings. The van der Waals surface area contributed by atoms with Crippen molar-refractivity contribution in [1.82, 2.24) is 10.2 Å². The molecule has 0 aromatic carbocycles. The van der Waals surface area contributed by atoms with Crippen molar-refractivity contribution in [2.75, 3.05) is 6.61 Å². The Morgan fingerprint density at radius 1 is 1.40 bits per heavy atom. The Hall–Kier alpha value is -1.49. The van der Waals surface area contributed by atoms with Crippen LogP contribution in [0.1, 0.15) is 23.8 Å². The van der Waals surface area contributed by atoms with Crippen molar-refractivity contribution in [3.63, 3.8) is 0 Å². The highest BCUT2D eigenvalue weighted by atomic mass is 35.5. The SMILES string of the molecule is CCOC(=O)CC(=O)c1ccc(Cl)nn1. The Bertz CT molecular complexity index is 364. The number of carbonyl (C=O) groups excluding carboxylic acids is 2. The van der Waals surface area contributed by atoms with Crippen molar-refractivity contribution < 1.29 is 14.3 Å². The molecule has 80 valence electrons. The maximum absolute atomic E-state index is 11.4. The number of nitrogens with zero attached hydrogens (tertiary/aromatic N) is 2. The highest BCUT2D eigenvalue weighted by Crippen LogP contribution is 2.04. The molecule has 1 rings (SSSR count). The number of carbonyl (C=O) groups is 2. The first-order chi connectivity index (χ1) is 7.13. The van der Waals surface area contributed by atoms with Crippen LogP contribution in [-0.2, 0) is 9.53 Å². The van der Waals surface area contributed by atoms with E-state index in [9.17, 15) is 9.59 Å². The molecule has 0 radical (unpaired) electrons. The van der Waals surface area contributed by atoms with Crippen LogP contribution < -0.4 is 0 Å². The van der Waals surface area contributed by atoms with E-state index in [1.807, 2.05) is 0 Å². The zero-order valence-electron chi connectivity index (χ0n) is 8.07. The second kappa shape index (κ2) is 5.41. The Morgan fingerprint density at radius 3 is 2.67 bits per heavy atom. The summed E-state index contributed by atoms with van der Waals surface area (Å²) in [5, 5.41) is 7.24. The topological polar surface area (TPSA) is 69.2 Å². The average molecular weight is 229 g/mol. The Morgan fingerprint density at radius 2 is 2.13 bits per heavy atom. The Balaban J connectivity index is 2.61. The van der Waals surface area contributed by atoms with E-state index in [-0.39, 0.29) is 23.9 Å². The third-order valence-corrected chi connectivity index (χ3v) is 1.73. The zero-order chi connectivity index (χ0) is 11.3. The van der Waals surface area contributed by atoms with Crippen LogP contribution in [0.25, 0.3) is 0 Å². The van der Waals surface area contributed by atoms with Gasteiger partial charge >= 0.3 is 5.97 Å². The fourth-order valence-electron chi connectivity index (χ4n) is 0.898. The van der Waals surface area contributed by atoms with Crippen molar-refractivity contribution in [3.05, 3.63) is 23.0 Å². The number of esters is 1. The molecule has 0 aliphatic carbocycles. The van der Waals surface area contributed by atoms with Gasteiger partial charge in [-0.2, -0.15) is 0 Å². The van der Waals surface area contributed by atoms with Crippen molar-refractivity contribution >= 4 is 23.4 Å². The van der Waals surface area contributed by atoms with E-state index in [0.29, 0.717) is 0 Å². The van der Waals surface area contributed by atoms with E-state index in [0.717, 1.165) is 0 Å². The van der Waals surface area contributed by atoms with Gasteiger partial charge in [-0.05, 0) is 19.1 Å². The third kappa shape index (κ3) is 3.63. The minimum Gasteiger partial charge on any atom is -0.466 e. The quantitative estimate of drug-likeness (QED) is 0.441. The summed E-state index contributed by atoms with van der Waals surface area (Å²) in [4.78, 5) is 22.4. The van der Waals surface area contributed by atoms with E-state index in [4.69, 9.17) is 11.6 Å². The lowest BCUT2D eigenvalue weighted by atomic mass is 10.2. The second-order valence-electron chi connectivity index (χ2n) is 2.65. The molecule has 15 heavy (non-hydrogen) atoms. The molecule has 0 bridgehead atoms. The molecule has 0 amide bonds. The van der Waals surface area contributed by atoms with Crippen LogP contribution in [0.15, 0.2) is 12.1 Å². The molecule has 0 unspecified atom stereocenters. The number of hydrogen-bond donors (Lipinski definition) is 0. The maximum Gasteiger partial charge on any atom is 0.313 e. The molecular formula is C9H9ClN2O3. The Labute approximate surface area is 91.4 Å². The van der Waals surface area contributed by atoms with Crippen molar-refractivity contribution in [1.29, 1.82) is 0 Å². The molecule has 5 nitrogen and oxygen atoms in total. The van der Waals surface area contributed by atoms with Crippen molar-refractivity contribution in [2.24, 2.45) is 0 Å². The summed E-state index contributed by atoms with van der Waals surface area (Å²) < 4.78 is 4.62. The number of ether oxygens (including phenoxy) is 1. The fraction of sp³-hybridized carbons (Fsp3) is 0.333. The van der Waals surface area contributed by atoms with Gasteiger partial charge in [-0.25, -0.2) is 0 Å². The smallest absolute Gasteiger partial charge is 0.313 e. The molecule has 0 fully saturated rings. The highest BCUT2D eigenvalue weighted by Gasteiger charge is 2.14. The molecule has 6 heteroatoms. The summed E-state index contributed by atoms with van der Waals surface area (Å²) in [6.07, 6.45) is -0.329. The normalized spacial score (nSPS) is 9.73. The molecule has 0 spiro atoms. The van der Waals surface area contributed by atoms with Gasteiger partial charge in [0.1, 0.15) is 12.1 Å². The summed E-state index contributed by atoms with van der Waals surface area (Å²) >= 11 is 5.50. The maximum atomic E-state index is 11.4. The van der Waals surface area contributed by atoms with Gasteiger partial charge in [0.05, 0.1) is 6.61 Å². The van der Waals surface area contributed by atoms with Crippen LogP contribution >= 0.6 is 11.6 Å². The Kier molecular flexibility index (Phi) is 4.17. The first kappa shape index (κ1) is 11.6. The van der Waals surface area contributed by atoms with Crippen molar-refractivity contribution in [2.45, 2.75) is 13.3 Å². The largest absolute Gasteiger partial charge is 0.466 e. The number of aromatic nitrogens is 2. The minimum atomic E-state index is -0.570. The molecule has 1 aromatic rings. The van der Waals surface area contributed by atoms with Gasteiger partial charge in [-0.3, -0.25) is 9.59 Å². The number of halogens is 1. The molecule has 0 saturated heterocycles. The first-order valence-electron chi connectivity index (χ1n) is 4.31. The standard InChI is InChI=1S/C9H9ClN2O3/c1-2-15-9(14)5-7(13)6-3-4-8(10)12-11-6/h3-4H,2,5H2,1H3. The fourth-order valence-corrected chi connectivity index (χ4v) is 0.999. The summed E-state index contributed by atoms with van der Waals surface area (Å²) in [6.45, 7) is 1.92. The van der Waals surface area contributed by atoms with Crippen LogP contribution in [0, 0.1) is 0 Å². The monoisotopic (exact) mass is 228 g/mol. The van der Waals surface area contributed by atoms with E-state index in [1.165, 1.54) is 12.1 Å². The number of ketones is 1. The van der Waals surface area contributed by atoms with Gasteiger partial charge in [-0.15, -0.1) is 10.2 Å². The van der Waals surface area contributed by atoms with Crippen LogP contribution in [0.5, 0.6) is 0 Å². The van der Waals surface area contributed by atoms with Gasteiger partial charge in [0.2, 0.25) is 0 Å². The third-order valence-electron chi connectivity index (χ3n) is 1.53. The molecule has 0 aliphatic heterocycles. The average Bonchev–Trinajstić information content (AvgIpc) is 2.18. The van der Waals surface area contributed by atoms with E-state index >= 15 is 0 Å². The zero-order valence-corrected chi connectivity index (χ0v) is 8.82. The van der Waals surface area contributed by atoms with Crippen molar-refractivity contribution in [3.8, 4) is 0 Å². The predicted octanol–water partition coefficient (Wildman–Crippen LogP) is 1.27. The molecule has 0 N–H and O–H groups in total. The van der Waals surface area contributed by atoms with E-state index in [1.54, 1.807) is 6.92 Å². The van der Waals surface area contributed by atoms with Gasteiger partial charge < -0.3 is 4.74 Å². The van der Waals surface area contributed by atoms with Crippen LogP contribution in [-0.4, -0.2) is 28.6 Å². The number of Topliss-reactive ketones (excluding diaryl/α,β-unsaturated/α-hetero) is 1. The van der Waals surface area contributed by atoms with Crippen LogP contribution in [0.4, 0.5) is 0 Å². The summed E-state index contributed by atoms with van der Waals surface area (Å²) in [5.41, 5.74) is 0.104. The predicted molar refractivity (Wildman–Crippen MR) is 52.6 cm³/mol.